The molecule has 0 bridgehead atoms. The Hall–Kier alpha value is -5.75. The van der Waals surface area contributed by atoms with Crippen molar-refractivity contribution in [2.75, 3.05) is 20.1 Å². The highest BCUT2D eigenvalue weighted by molar-refractivity contribution is 5.99. The number of nitrogens with one attached hydrogen (secondary N) is 5. The molecule has 0 radical (unpaired) electrons. The molecule has 7 amide bonds. The Morgan fingerprint density at radius 3 is 2.02 bits per heavy atom. The normalized spacial score (nSPS) is 23.0. The lowest BCUT2D eigenvalue weighted by molar-refractivity contribution is -0.145. The number of likely N-dealkylation sites (N-methyl/N-ethyl adjacent to an activating group) is 1. The maximum atomic E-state index is 13.8. The van der Waals surface area contributed by atoms with Gasteiger partial charge < -0.3 is 53.8 Å². The van der Waals surface area contributed by atoms with Crippen molar-refractivity contribution >= 4 is 53.3 Å². The van der Waals surface area contributed by atoms with E-state index in [1.807, 2.05) is 0 Å². The van der Waals surface area contributed by atoms with Crippen molar-refractivity contribution in [2.45, 2.75) is 76.2 Å². The molecular weight excluding hydrogens is 656 g/mol. The Morgan fingerprint density at radius 2 is 1.44 bits per heavy atom. The van der Waals surface area contributed by atoms with Gasteiger partial charge in [-0.25, -0.2) is 0 Å². The number of carboxylic acid groups (broad SMARTS) is 1. The van der Waals surface area contributed by atoms with E-state index >= 15 is 0 Å². The number of nitrogens with two attached hydrogens (primary N) is 3. The molecule has 1 aromatic carbocycles. The minimum Gasteiger partial charge on any atom is -0.481 e. The Balaban J connectivity index is 2.60. The van der Waals surface area contributed by atoms with E-state index in [2.05, 4.69) is 31.6 Å². The largest absolute Gasteiger partial charge is 0.481 e. The highest BCUT2D eigenvalue weighted by Crippen LogP contribution is 2.14. The lowest BCUT2D eigenvalue weighted by Crippen LogP contribution is -2.61. The van der Waals surface area contributed by atoms with Crippen LogP contribution in [-0.4, -0.2) is 114 Å². The second kappa shape index (κ2) is 19.3. The molecule has 50 heavy (non-hydrogen) atoms. The molecule has 0 aliphatic carbocycles. The van der Waals surface area contributed by atoms with Gasteiger partial charge in [-0.05, 0) is 24.3 Å². The molecular formula is C31H46N10O9. The first-order chi connectivity index (χ1) is 23.5. The zero-order valence-electron chi connectivity index (χ0n) is 28.1. The molecule has 1 saturated heterocycles. The van der Waals surface area contributed by atoms with Gasteiger partial charge in [-0.1, -0.05) is 44.2 Å². The van der Waals surface area contributed by atoms with Crippen LogP contribution in [0.15, 0.2) is 35.3 Å². The summed E-state index contributed by atoms with van der Waals surface area (Å²) < 4.78 is 0. The molecule has 2 rings (SSSR count). The highest BCUT2D eigenvalue weighted by Gasteiger charge is 2.38. The minimum atomic E-state index is -1.70. The summed E-state index contributed by atoms with van der Waals surface area (Å²) in [4.78, 5) is 109. The van der Waals surface area contributed by atoms with Crippen molar-refractivity contribution in [3.63, 3.8) is 0 Å². The van der Waals surface area contributed by atoms with Crippen LogP contribution in [0.4, 0.5) is 0 Å². The van der Waals surface area contributed by atoms with Crippen LogP contribution in [-0.2, 0) is 44.8 Å². The number of hydrogen-bond acceptors (Lipinski definition) is 9. The average Bonchev–Trinajstić information content (AvgIpc) is 3.03. The van der Waals surface area contributed by atoms with Crippen molar-refractivity contribution in [1.29, 1.82) is 0 Å². The maximum absolute atomic E-state index is 13.8. The Morgan fingerprint density at radius 1 is 0.840 bits per heavy atom. The number of carboxylic acids is 1. The van der Waals surface area contributed by atoms with Gasteiger partial charge in [0.05, 0.1) is 19.4 Å². The zero-order valence-corrected chi connectivity index (χ0v) is 28.1. The molecule has 1 fully saturated rings. The molecule has 12 N–H and O–H groups in total. The van der Waals surface area contributed by atoms with Gasteiger partial charge in [-0.15, -0.1) is 0 Å². The standard InChI is InChI=1S/C31H46N10O9/c1-16(2)25-29(49)38-18(10-7-11-35-31(33)34)26(46)36-15-23(43)37-20(14-24(44)45)28(48)39-19(12-17-8-5-4-6-9-17)27(47)40-21(13-22(32)42)30(50)41(25)3/h4-6,8-9,16,18-21,25H,7,10-15H2,1-3H3,(H2,32,42)(H,36,46)(H,37,43)(H,38,49)(H,39,48)(H,40,47)(H,44,45)(H4,33,34,35)/t18-,19+,20-,21-,25-/m0/s1. The molecule has 1 aliphatic heterocycles. The quantitative estimate of drug-likeness (QED) is 0.0611. The summed E-state index contributed by atoms with van der Waals surface area (Å²) >= 11 is 0. The van der Waals surface area contributed by atoms with Gasteiger partial charge >= 0.3 is 5.97 Å². The van der Waals surface area contributed by atoms with Crippen LogP contribution in [0.1, 0.15) is 45.1 Å². The molecule has 1 aliphatic rings. The van der Waals surface area contributed by atoms with Gasteiger partial charge in [0.2, 0.25) is 41.4 Å². The van der Waals surface area contributed by atoms with Crippen LogP contribution in [0.5, 0.6) is 0 Å². The average molecular weight is 703 g/mol. The number of nitrogens with zero attached hydrogens (tertiary/aromatic N) is 2. The number of hydrogen-bond donors (Lipinski definition) is 9. The predicted molar refractivity (Wildman–Crippen MR) is 178 cm³/mol. The summed E-state index contributed by atoms with van der Waals surface area (Å²) in [5.41, 5.74) is 16.7. The molecule has 19 nitrogen and oxygen atoms in total. The predicted octanol–water partition coefficient (Wildman–Crippen LogP) is -3.82. The first-order valence-corrected chi connectivity index (χ1v) is 15.8. The van der Waals surface area contributed by atoms with E-state index in [4.69, 9.17) is 17.2 Å². The molecule has 0 saturated carbocycles. The van der Waals surface area contributed by atoms with Crippen molar-refractivity contribution in [1.82, 2.24) is 31.5 Å². The molecule has 19 heteroatoms. The Kier molecular flexibility index (Phi) is 15.6. The van der Waals surface area contributed by atoms with E-state index in [1.165, 1.54) is 7.05 Å². The number of carbonyl (C=O) groups is 8. The van der Waals surface area contributed by atoms with Crippen LogP contribution in [0.3, 0.4) is 0 Å². The molecule has 5 atom stereocenters. The van der Waals surface area contributed by atoms with Gasteiger partial charge in [0.15, 0.2) is 5.96 Å². The fraction of sp³-hybridized carbons (Fsp3) is 0.516. The first-order valence-electron chi connectivity index (χ1n) is 15.8. The van der Waals surface area contributed by atoms with Crippen molar-refractivity contribution in [3.05, 3.63) is 35.9 Å². The third-order valence-corrected chi connectivity index (χ3v) is 7.63. The van der Waals surface area contributed by atoms with E-state index in [9.17, 15) is 43.5 Å². The van der Waals surface area contributed by atoms with Crippen molar-refractivity contribution in [2.24, 2.45) is 28.1 Å². The number of aliphatic carboxylic acids is 1. The minimum absolute atomic E-state index is 0.00828. The summed E-state index contributed by atoms with van der Waals surface area (Å²) in [5.74, 6) is -8.53. The monoisotopic (exact) mass is 702 g/mol. The van der Waals surface area contributed by atoms with Gasteiger partial charge in [0.1, 0.15) is 30.2 Å². The van der Waals surface area contributed by atoms with Crippen molar-refractivity contribution < 1.29 is 43.5 Å². The summed E-state index contributed by atoms with van der Waals surface area (Å²) in [6.45, 7) is 2.66. The second-order valence-electron chi connectivity index (χ2n) is 12.1. The molecule has 274 valence electrons. The van der Waals surface area contributed by atoms with E-state index in [1.54, 1.807) is 44.2 Å². The lowest BCUT2D eigenvalue weighted by Gasteiger charge is -2.34. The van der Waals surface area contributed by atoms with Crippen molar-refractivity contribution in [3.8, 4) is 0 Å². The summed E-state index contributed by atoms with van der Waals surface area (Å²) in [6.07, 6.45) is -1.51. The van der Waals surface area contributed by atoms with E-state index in [-0.39, 0.29) is 31.8 Å². The summed E-state index contributed by atoms with van der Waals surface area (Å²) in [7, 11) is 1.28. The second-order valence-corrected chi connectivity index (χ2v) is 12.1. The van der Waals surface area contributed by atoms with E-state index in [0.717, 1.165) is 4.90 Å². The third kappa shape index (κ3) is 13.0. The molecule has 0 aromatic heterocycles. The SMILES string of the molecule is CC(C)[C@H]1C(=O)N[C@@H](CCCN=C(N)N)C(=O)NCC(=O)N[C@@H](CC(=O)O)C(=O)N[C@H](Cc2ccccc2)C(=O)N[C@@H](CC(N)=O)C(=O)N1C. The third-order valence-electron chi connectivity index (χ3n) is 7.63. The van der Waals surface area contributed by atoms with Crippen LogP contribution in [0.2, 0.25) is 0 Å². The van der Waals surface area contributed by atoms with Gasteiger partial charge in [0.25, 0.3) is 0 Å². The first kappa shape index (κ1) is 40.4. The van der Waals surface area contributed by atoms with E-state index in [0.29, 0.717) is 5.56 Å². The van der Waals surface area contributed by atoms with Gasteiger partial charge in [0, 0.05) is 20.0 Å². The van der Waals surface area contributed by atoms with Crippen LogP contribution < -0.4 is 43.8 Å². The number of benzene rings is 1. The fourth-order valence-corrected chi connectivity index (χ4v) is 5.26. The number of aliphatic imine (C=N–C) groups is 1. The number of carbonyl (C=O) groups excluding carboxylic acids is 7. The van der Waals surface area contributed by atoms with Gasteiger partial charge in [-0.2, -0.15) is 0 Å². The smallest absolute Gasteiger partial charge is 0.305 e. The number of primary amides is 1. The van der Waals surface area contributed by atoms with Crippen LogP contribution in [0.25, 0.3) is 0 Å². The molecule has 0 unspecified atom stereocenters. The van der Waals surface area contributed by atoms with Crippen LogP contribution >= 0.6 is 0 Å². The lowest BCUT2D eigenvalue weighted by atomic mass is 9.99. The maximum Gasteiger partial charge on any atom is 0.305 e. The Labute approximate surface area is 288 Å². The van der Waals surface area contributed by atoms with E-state index < -0.39 is 103 Å². The van der Waals surface area contributed by atoms with Gasteiger partial charge in [-0.3, -0.25) is 43.3 Å². The van der Waals surface area contributed by atoms with Crippen LogP contribution in [0, 0.1) is 5.92 Å². The highest BCUT2D eigenvalue weighted by atomic mass is 16.4. The number of rotatable bonds is 11. The summed E-state index contributed by atoms with van der Waals surface area (Å²) in [6, 6.07) is 1.18. The molecule has 1 heterocycles. The topological polar surface area (TPSA) is 311 Å². The summed E-state index contributed by atoms with van der Waals surface area (Å²) in [5, 5.41) is 21.5. The number of amides is 7. The zero-order chi connectivity index (χ0) is 37.5. The molecule has 1 aromatic rings. The fourth-order valence-electron chi connectivity index (χ4n) is 5.26. The Bertz CT molecular complexity index is 1450. The number of guanidine groups is 1. The molecule has 0 spiro atoms.